The number of rotatable bonds is 3. The average Bonchev–Trinajstić information content (AvgIpc) is 3.35. The normalized spacial score (nSPS) is 42.9. The Morgan fingerprint density at radius 2 is 2.11 bits per heavy atom. The van der Waals surface area contributed by atoms with Crippen molar-refractivity contribution in [2.75, 3.05) is 13.2 Å². The first kappa shape index (κ1) is 16.3. The summed E-state index contributed by atoms with van der Waals surface area (Å²) in [6.07, 6.45) is 17.3. The van der Waals surface area contributed by atoms with Crippen LogP contribution in [0.15, 0.2) is 40.7 Å². The number of likely N-dealkylation sites (N-methyl/N-ethyl adjacent to an activating group) is 1. The second kappa shape index (κ2) is 5.42. The molecule has 6 aliphatic rings. The molecule has 0 aromatic carbocycles. The molecular weight excluding hydrogens is 338 g/mol. The van der Waals surface area contributed by atoms with E-state index in [4.69, 9.17) is 4.74 Å². The van der Waals surface area contributed by atoms with Gasteiger partial charge in [-0.15, -0.1) is 0 Å². The summed E-state index contributed by atoms with van der Waals surface area (Å²) in [4.78, 5) is 22.7. The summed E-state index contributed by atoms with van der Waals surface area (Å²) < 4.78 is 6.04. The quantitative estimate of drug-likeness (QED) is 0.722. The lowest BCUT2D eigenvalue weighted by atomic mass is 9.58. The van der Waals surface area contributed by atoms with E-state index < -0.39 is 5.85 Å². The maximum Gasteiger partial charge on any atom is 0.250 e. The summed E-state index contributed by atoms with van der Waals surface area (Å²) in [7, 11) is 0. The zero-order chi connectivity index (χ0) is 18.2. The Hall–Kier alpha value is -1.72. The van der Waals surface area contributed by atoms with Gasteiger partial charge >= 0.3 is 0 Å². The van der Waals surface area contributed by atoms with Crippen LogP contribution in [-0.2, 0) is 9.53 Å². The molecule has 5 heteroatoms. The second-order valence-electron chi connectivity index (χ2n) is 9.02. The van der Waals surface area contributed by atoms with Crippen molar-refractivity contribution < 1.29 is 9.53 Å². The summed E-state index contributed by atoms with van der Waals surface area (Å²) in [6.45, 7) is 3.63. The Labute approximate surface area is 160 Å². The molecule has 2 saturated heterocycles. The van der Waals surface area contributed by atoms with Crippen LogP contribution >= 0.6 is 0 Å². The van der Waals surface area contributed by atoms with Gasteiger partial charge in [0.2, 0.25) is 5.85 Å². The molecule has 3 aliphatic heterocycles. The molecule has 27 heavy (non-hydrogen) atoms. The van der Waals surface area contributed by atoms with E-state index in [0.29, 0.717) is 6.61 Å². The van der Waals surface area contributed by atoms with E-state index >= 15 is 0 Å². The van der Waals surface area contributed by atoms with E-state index in [-0.39, 0.29) is 17.4 Å². The first-order chi connectivity index (χ1) is 13.2. The molecule has 5 nitrogen and oxygen atoms in total. The van der Waals surface area contributed by atoms with Crippen molar-refractivity contribution in [1.82, 2.24) is 9.80 Å². The van der Waals surface area contributed by atoms with Crippen molar-refractivity contribution in [2.45, 2.75) is 56.8 Å². The fourth-order valence-corrected chi connectivity index (χ4v) is 6.18. The number of aliphatic imine (C=N–C) groups is 1. The molecule has 4 fully saturated rings. The molecule has 2 atom stereocenters. The van der Waals surface area contributed by atoms with Crippen LogP contribution in [0, 0.1) is 17.8 Å². The van der Waals surface area contributed by atoms with Gasteiger partial charge in [-0.05, 0) is 36.7 Å². The number of carbonyl (C=O) groups is 1. The number of epoxide rings is 1. The van der Waals surface area contributed by atoms with Crippen LogP contribution in [0.2, 0.25) is 0 Å². The summed E-state index contributed by atoms with van der Waals surface area (Å²) >= 11 is 0. The molecule has 2 unspecified atom stereocenters. The Morgan fingerprint density at radius 1 is 1.30 bits per heavy atom. The van der Waals surface area contributed by atoms with Gasteiger partial charge in [0.05, 0.1) is 5.70 Å². The van der Waals surface area contributed by atoms with Gasteiger partial charge in [0.1, 0.15) is 12.1 Å². The lowest BCUT2D eigenvalue weighted by molar-refractivity contribution is -0.141. The molecule has 2 saturated carbocycles. The number of ether oxygens (including phenoxy) is 1. The van der Waals surface area contributed by atoms with E-state index in [1.807, 2.05) is 17.3 Å². The van der Waals surface area contributed by atoms with Crippen molar-refractivity contribution in [3.8, 4) is 0 Å². The summed E-state index contributed by atoms with van der Waals surface area (Å²) in [5.41, 5.74) is 1.88. The first-order valence-corrected chi connectivity index (χ1v) is 10.6. The molecule has 0 radical (unpaired) electrons. The van der Waals surface area contributed by atoms with Gasteiger partial charge in [-0.2, -0.15) is 0 Å². The van der Waals surface area contributed by atoms with Gasteiger partial charge in [-0.25, -0.2) is 4.90 Å². The molecule has 6 rings (SSSR count). The Balaban J connectivity index is 1.36. The zero-order valence-electron chi connectivity index (χ0n) is 15.9. The van der Waals surface area contributed by atoms with Crippen LogP contribution in [-0.4, -0.2) is 46.5 Å². The number of nitrogens with zero attached hydrogens (tertiary/aromatic N) is 3. The SMILES string of the molecule is CCN1C2(CC(C3CCC3)C2)C(=O)N(C2=CN=CC3=CC=CCC32)C12CO2. The highest BCUT2D eigenvalue weighted by Gasteiger charge is 2.75. The van der Waals surface area contributed by atoms with E-state index in [1.54, 1.807) is 0 Å². The highest BCUT2D eigenvalue weighted by Crippen LogP contribution is 2.61. The maximum atomic E-state index is 13.9. The van der Waals surface area contributed by atoms with E-state index in [0.717, 1.165) is 43.3 Å². The zero-order valence-corrected chi connectivity index (χ0v) is 15.9. The summed E-state index contributed by atoms with van der Waals surface area (Å²) in [6, 6.07) is 0. The predicted octanol–water partition coefficient (Wildman–Crippen LogP) is 3.21. The largest absolute Gasteiger partial charge is 0.333 e. The topological polar surface area (TPSA) is 48.4 Å². The van der Waals surface area contributed by atoms with Crippen LogP contribution in [0.3, 0.4) is 0 Å². The molecule has 2 spiro atoms. The van der Waals surface area contributed by atoms with Gasteiger partial charge in [0, 0.05) is 24.9 Å². The third-order valence-electron chi connectivity index (χ3n) is 7.87. The molecular formula is C22H27N3O2. The minimum atomic E-state index is -0.554. The highest BCUT2D eigenvalue weighted by molar-refractivity contribution is 5.93. The minimum Gasteiger partial charge on any atom is -0.333 e. The number of allylic oxidation sites excluding steroid dienone is 4. The molecule has 0 bridgehead atoms. The highest BCUT2D eigenvalue weighted by atomic mass is 16.6. The van der Waals surface area contributed by atoms with Crippen molar-refractivity contribution in [2.24, 2.45) is 22.7 Å². The lowest BCUT2D eigenvalue weighted by Crippen LogP contribution is -2.61. The van der Waals surface area contributed by atoms with Crippen LogP contribution in [0.4, 0.5) is 0 Å². The summed E-state index contributed by atoms with van der Waals surface area (Å²) in [5, 5.41) is 0. The van der Waals surface area contributed by atoms with Crippen molar-refractivity contribution >= 4 is 12.1 Å². The standard InChI is InChI=1S/C22H27N3O2/c1-2-24-21(10-17(11-21)15-7-5-8-15)20(26)25(22(24)14-27-22)19-13-23-12-16-6-3-4-9-18(16)19/h3-4,6,12-13,15,17-18H,2,5,7-11,14H2,1H3. The van der Waals surface area contributed by atoms with E-state index in [9.17, 15) is 4.79 Å². The Bertz CT molecular complexity index is 809. The molecule has 0 aromatic rings. The molecule has 0 aromatic heterocycles. The van der Waals surface area contributed by atoms with E-state index in [2.05, 4.69) is 35.0 Å². The molecule has 1 amide bonds. The monoisotopic (exact) mass is 365 g/mol. The average molecular weight is 365 g/mol. The third kappa shape index (κ3) is 1.97. The van der Waals surface area contributed by atoms with Crippen LogP contribution in [0.25, 0.3) is 0 Å². The molecule has 142 valence electrons. The van der Waals surface area contributed by atoms with Crippen LogP contribution in [0.5, 0.6) is 0 Å². The molecule has 0 N–H and O–H groups in total. The van der Waals surface area contributed by atoms with Crippen LogP contribution < -0.4 is 0 Å². The van der Waals surface area contributed by atoms with Gasteiger partial charge < -0.3 is 4.74 Å². The van der Waals surface area contributed by atoms with Gasteiger partial charge in [0.15, 0.2) is 0 Å². The van der Waals surface area contributed by atoms with Crippen molar-refractivity contribution in [3.05, 3.63) is 35.7 Å². The van der Waals surface area contributed by atoms with Gasteiger partial charge in [-0.3, -0.25) is 14.7 Å². The Kier molecular flexibility index (Phi) is 3.26. The molecule has 3 heterocycles. The van der Waals surface area contributed by atoms with Gasteiger partial charge in [0.25, 0.3) is 5.91 Å². The van der Waals surface area contributed by atoms with E-state index in [1.165, 1.54) is 24.8 Å². The number of hydrogen-bond acceptors (Lipinski definition) is 4. The van der Waals surface area contributed by atoms with Crippen molar-refractivity contribution in [3.63, 3.8) is 0 Å². The predicted molar refractivity (Wildman–Crippen MR) is 103 cm³/mol. The number of hydrogen-bond donors (Lipinski definition) is 0. The smallest absolute Gasteiger partial charge is 0.250 e. The van der Waals surface area contributed by atoms with Crippen molar-refractivity contribution in [1.29, 1.82) is 0 Å². The number of fused-ring (bicyclic) bond motifs is 1. The first-order valence-electron chi connectivity index (χ1n) is 10.6. The van der Waals surface area contributed by atoms with Gasteiger partial charge in [-0.1, -0.05) is 44.4 Å². The lowest BCUT2D eigenvalue weighted by Gasteiger charge is -2.52. The Morgan fingerprint density at radius 3 is 2.78 bits per heavy atom. The fourth-order valence-electron chi connectivity index (χ4n) is 6.18. The summed E-state index contributed by atoms with van der Waals surface area (Å²) in [5.74, 6) is 1.49. The number of amides is 1. The third-order valence-corrected chi connectivity index (χ3v) is 7.87. The fraction of sp³-hybridized carbons (Fsp3) is 0.636. The number of carbonyl (C=O) groups excluding carboxylic acids is 1. The second-order valence-corrected chi connectivity index (χ2v) is 9.02. The molecule has 3 aliphatic carbocycles. The maximum absolute atomic E-state index is 13.9. The minimum absolute atomic E-state index is 0.217. The van der Waals surface area contributed by atoms with Crippen LogP contribution in [0.1, 0.15) is 45.4 Å².